The molecule has 0 radical (unpaired) electrons. The predicted octanol–water partition coefficient (Wildman–Crippen LogP) is -1.91. The molecule has 8 heteroatoms. The van der Waals surface area contributed by atoms with Crippen molar-refractivity contribution >= 4 is 5.91 Å². The van der Waals surface area contributed by atoms with Crippen LogP contribution in [0.3, 0.4) is 0 Å². The standard InChI is InChI=1S/C8H12N4O4/c9-6(15)8-10-7(11-12-8)5-4(14)1-3(2-13)16-5/h3-5,13-14H,1-2H2,(H2,9,15)(H,10,11,12)/t3-,4+,5+/m0/s1. The van der Waals surface area contributed by atoms with Gasteiger partial charge in [0.15, 0.2) is 5.82 Å². The summed E-state index contributed by atoms with van der Waals surface area (Å²) in [7, 11) is 0. The van der Waals surface area contributed by atoms with E-state index in [0.717, 1.165) is 0 Å². The molecule has 0 spiro atoms. The van der Waals surface area contributed by atoms with Crippen molar-refractivity contribution in [1.29, 1.82) is 0 Å². The fourth-order valence-electron chi connectivity index (χ4n) is 1.62. The van der Waals surface area contributed by atoms with Gasteiger partial charge >= 0.3 is 0 Å². The quantitative estimate of drug-likeness (QED) is 0.476. The van der Waals surface area contributed by atoms with Gasteiger partial charge in [0.2, 0.25) is 5.82 Å². The maximum Gasteiger partial charge on any atom is 0.288 e. The molecule has 0 unspecified atom stereocenters. The number of rotatable bonds is 3. The molecule has 1 aliphatic rings. The number of nitrogens with two attached hydrogens (primary N) is 1. The Bertz CT molecular complexity index is 393. The zero-order chi connectivity index (χ0) is 11.7. The van der Waals surface area contributed by atoms with Crippen molar-refractivity contribution < 1.29 is 19.7 Å². The van der Waals surface area contributed by atoms with Gasteiger partial charge in [0, 0.05) is 6.42 Å². The summed E-state index contributed by atoms with van der Waals surface area (Å²) in [6, 6.07) is 0. The summed E-state index contributed by atoms with van der Waals surface area (Å²) < 4.78 is 5.32. The number of aromatic nitrogens is 3. The Morgan fingerprint density at radius 3 is 2.94 bits per heavy atom. The van der Waals surface area contributed by atoms with Gasteiger partial charge in [-0.25, -0.2) is 4.98 Å². The molecule has 0 aliphatic carbocycles. The second-order valence-electron chi connectivity index (χ2n) is 3.57. The summed E-state index contributed by atoms with van der Waals surface area (Å²) in [5.74, 6) is -0.677. The van der Waals surface area contributed by atoms with Gasteiger partial charge in [-0.1, -0.05) is 0 Å². The highest BCUT2D eigenvalue weighted by Crippen LogP contribution is 2.30. The normalized spacial score (nSPS) is 29.5. The van der Waals surface area contributed by atoms with Crippen LogP contribution in [0.25, 0.3) is 0 Å². The number of nitrogens with one attached hydrogen (secondary N) is 1. The molecule has 2 heterocycles. The molecule has 16 heavy (non-hydrogen) atoms. The first-order valence-corrected chi connectivity index (χ1v) is 4.78. The van der Waals surface area contributed by atoms with Gasteiger partial charge in [-0.2, -0.15) is 0 Å². The van der Waals surface area contributed by atoms with Crippen LogP contribution < -0.4 is 5.73 Å². The summed E-state index contributed by atoms with van der Waals surface area (Å²) in [5, 5.41) is 24.6. The Labute approximate surface area is 90.4 Å². The predicted molar refractivity (Wildman–Crippen MR) is 50.2 cm³/mol. The van der Waals surface area contributed by atoms with Crippen LogP contribution in [0.4, 0.5) is 0 Å². The van der Waals surface area contributed by atoms with Crippen LogP contribution in [-0.2, 0) is 4.74 Å². The van der Waals surface area contributed by atoms with Crippen LogP contribution in [0.1, 0.15) is 29.0 Å². The molecule has 1 saturated heterocycles. The average Bonchev–Trinajstić information content (AvgIpc) is 2.83. The number of aliphatic hydroxyl groups excluding tert-OH is 2. The third kappa shape index (κ3) is 1.90. The molecular weight excluding hydrogens is 216 g/mol. The molecule has 3 atom stereocenters. The van der Waals surface area contributed by atoms with Gasteiger partial charge in [0.1, 0.15) is 6.10 Å². The second kappa shape index (κ2) is 4.16. The van der Waals surface area contributed by atoms with Gasteiger partial charge in [0.25, 0.3) is 5.91 Å². The van der Waals surface area contributed by atoms with Crippen LogP contribution in [-0.4, -0.2) is 50.1 Å². The van der Waals surface area contributed by atoms with E-state index in [4.69, 9.17) is 15.6 Å². The lowest BCUT2D eigenvalue weighted by molar-refractivity contribution is -0.0150. The number of carbonyl (C=O) groups excluding carboxylic acids is 1. The molecule has 1 aromatic rings. The molecule has 8 nitrogen and oxygen atoms in total. The number of nitrogens with zero attached hydrogens (tertiary/aromatic N) is 2. The van der Waals surface area contributed by atoms with Crippen molar-refractivity contribution in [1.82, 2.24) is 15.2 Å². The van der Waals surface area contributed by atoms with E-state index in [2.05, 4.69) is 15.2 Å². The van der Waals surface area contributed by atoms with E-state index in [-0.39, 0.29) is 18.3 Å². The van der Waals surface area contributed by atoms with Crippen molar-refractivity contribution in [2.24, 2.45) is 5.73 Å². The van der Waals surface area contributed by atoms with Crippen molar-refractivity contribution in [2.75, 3.05) is 6.61 Å². The topological polar surface area (TPSA) is 134 Å². The van der Waals surface area contributed by atoms with Crippen molar-refractivity contribution in [3.8, 4) is 0 Å². The minimum Gasteiger partial charge on any atom is -0.394 e. The van der Waals surface area contributed by atoms with Crippen LogP contribution >= 0.6 is 0 Å². The maximum absolute atomic E-state index is 10.8. The van der Waals surface area contributed by atoms with Crippen molar-refractivity contribution in [3.05, 3.63) is 11.6 Å². The Kier molecular flexibility index (Phi) is 2.86. The molecule has 1 aliphatic heterocycles. The van der Waals surface area contributed by atoms with E-state index >= 15 is 0 Å². The van der Waals surface area contributed by atoms with Crippen LogP contribution in [0, 0.1) is 0 Å². The molecule has 88 valence electrons. The molecule has 2 rings (SSSR count). The molecule has 1 fully saturated rings. The zero-order valence-corrected chi connectivity index (χ0v) is 8.33. The van der Waals surface area contributed by atoms with Crippen LogP contribution in [0.15, 0.2) is 0 Å². The van der Waals surface area contributed by atoms with Crippen LogP contribution in [0.5, 0.6) is 0 Å². The largest absolute Gasteiger partial charge is 0.394 e. The highest BCUT2D eigenvalue weighted by atomic mass is 16.5. The highest BCUT2D eigenvalue weighted by Gasteiger charge is 2.36. The van der Waals surface area contributed by atoms with Gasteiger partial charge < -0.3 is 20.7 Å². The smallest absolute Gasteiger partial charge is 0.288 e. The number of hydrogen-bond donors (Lipinski definition) is 4. The second-order valence-corrected chi connectivity index (χ2v) is 3.57. The molecule has 5 N–H and O–H groups in total. The third-order valence-corrected chi connectivity index (χ3v) is 2.39. The number of carbonyl (C=O) groups is 1. The Morgan fingerprint density at radius 1 is 1.69 bits per heavy atom. The number of aliphatic hydroxyl groups is 2. The summed E-state index contributed by atoms with van der Waals surface area (Å²) in [6.07, 6.45) is -1.61. The monoisotopic (exact) mass is 228 g/mol. The highest BCUT2D eigenvalue weighted by molar-refractivity contribution is 5.88. The average molecular weight is 228 g/mol. The Morgan fingerprint density at radius 2 is 2.44 bits per heavy atom. The lowest BCUT2D eigenvalue weighted by atomic mass is 10.1. The summed E-state index contributed by atoms with van der Waals surface area (Å²) in [6.45, 7) is -0.176. The first-order valence-electron chi connectivity index (χ1n) is 4.78. The van der Waals surface area contributed by atoms with E-state index in [0.29, 0.717) is 6.42 Å². The van der Waals surface area contributed by atoms with Gasteiger partial charge in [0.05, 0.1) is 18.8 Å². The van der Waals surface area contributed by atoms with E-state index in [9.17, 15) is 9.90 Å². The SMILES string of the molecule is NC(=O)c1n[nH]c([C@@H]2O[C@H](CO)C[C@H]2O)n1. The Balaban J connectivity index is 2.15. The molecule has 0 bridgehead atoms. The number of primary amides is 1. The van der Waals surface area contributed by atoms with Crippen molar-refractivity contribution in [3.63, 3.8) is 0 Å². The molecule has 1 amide bonds. The maximum atomic E-state index is 10.8. The summed E-state index contributed by atoms with van der Waals surface area (Å²) >= 11 is 0. The number of amides is 1. The number of aromatic amines is 1. The number of hydrogen-bond acceptors (Lipinski definition) is 6. The van der Waals surface area contributed by atoms with Crippen molar-refractivity contribution in [2.45, 2.75) is 24.7 Å². The first-order chi connectivity index (χ1) is 7.61. The minimum absolute atomic E-state index is 0.154. The minimum atomic E-state index is -0.786. The number of H-pyrrole nitrogens is 1. The van der Waals surface area contributed by atoms with E-state index < -0.39 is 24.2 Å². The molecular formula is C8H12N4O4. The summed E-state index contributed by atoms with van der Waals surface area (Å²) in [5.41, 5.74) is 4.99. The van der Waals surface area contributed by atoms with Crippen LogP contribution in [0.2, 0.25) is 0 Å². The number of ether oxygens (including phenoxy) is 1. The van der Waals surface area contributed by atoms with Gasteiger partial charge in [-0.05, 0) is 0 Å². The third-order valence-electron chi connectivity index (χ3n) is 2.39. The Hall–Kier alpha value is -1.51. The van der Waals surface area contributed by atoms with E-state index in [1.54, 1.807) is 0 Å². The lowest BCUT2D eigenvalue weighted by Gasteiger charge is -2.10. The molecule has 1 aromatic heterocycles. The first kappa shape index (κ1) is 11.0. The fourth-order valence-corrected chi connectivity index (χ4v) is 1.62. The van der Waals surface area contributed by atoms with Gasteiger partial charge in [-0.3, -0.25) is 9.89 Å². The summed E-state index contributed by atoms with van der Waals surface area (Å²) in [4.78, 5) is 14.6. The van der Waals surface area contributed by atoms with E-state index in [1.807, 2.05) is 0 Å². The van der Waals surface area contributed by atoms with E-state index in [1.165, 1.54) is 0 Å². The fraction of sp³-hybridized carbons (Fsp3) is 0.625. The van der Waals surface area contributed by atoms with Gasteiger partial charge in [-0.15, -0.1) is 5.10 Å². The molecule has 0 aromatic carbocycles. The molecule has 0 saturated carbocycles. The lowest BCUT2D eigenvalue weighted by Crippen LogP contribution is -2.15. The zero-order valence-electron chi connectivity index (χ0n) is 8.33.